The zero-order valence-corrected chi connectivity index (χ0v) is 13.6. The van der Waals surface area contributed by atoms with Crippen molar-refractivity contribution in [2.24, 2.45) is 5.92 Å². The first-order chi connectivity index (χ1) is 9.11. The van der Waals surface area contributed by atoms with Crippen molar-refractivity contribution in [2.75, 3.05) is 19.6 Å². The van der Waals surface area contributed by atoms with Gasteiger partial charge in [0, 0.05) is 34.9 Å². The summed E-state index contributed by atoms with van der Waals surface area (Å²) in [6, 6.07) is 5.76. The molecule has 0 spiro atoms. The van der Waals surface area contributed by atoms with Gasteiger partial charge in [0.15, 0.2) is 0 Å². The van der Waals surface area contributed by atoms with E-state index in [4.69, 9.17) is 0 Å². The molecular formula is C16H28N2S. The van der Waals surface area contributed by atoms with Crippen LogP contribution in [0.4, 0.5) is 0 Å². The zero-order valence-electron chi connectivity index (χ0n) is 12.8. The van der Waals surface area contributed by atoms with Crippen LogP contribution in [-0.4, -0.2) is 30.6 Å². The highest BCUT2D eigenvalue weighted by atomic mass is 32.1. The predicted octanol–water partition coefficient (Wildman–Crippen LogP) is 3.83. The summed E-state index contributed by atoms with van der Waals surface area (Å²) in [6.07, 6.45) is 2.53. The van der Waals surface area contributed by atoms with Crippen molar-refractivity contribution in [3.8, 4) is 0 Å². The molecule has 2 nitrogen and oxygen atoms in total. The van der Waals surface area contributed by atoms with Gasteiger partial charge in [0.1, 0.15) is 0 Å². The molecule has 1 saturated heterocycles. The summed E-state index contributed by atoms with van der Waals surface area (Å²) in [5.74, 6) is 0.762. The molecule has 1 aliphatic rings. The van der Waals surface area contributed by atoms with Crippen LogP contribution in [0.15, 0.2) is 12.1 Å². The summed E-state index contributed by atoms with van der Waals surface area (Å²) in [4.78, 5) is 5.61. The van der Waals surface area contributed by atoms with Crippen molar-refractivity contribution in [3.63, 3.8) is 0 Å². The van der Waals surface area contributed by atoms with E-state index in [2.05, 4.69) is 50.0 Å². The number of nitrogens with one attached hydrogen (secondary N) is 1. The second kappa shape index (κ2) is 6.87. The van der Waals surface area contributed by atoms with Gasteiger partial charge in [0.25, 0.3) is 0 Å². The van der Waals surface area contributed by atoms with Gasteiger partial charge < -0.3 is 5.32 Å². The molecule has 0 amide bonds. The minimum atomic E-state index is 0.560. The quantitative estimate of drug-likeness (QED) is 0.902. The molecule has 108 valence electrons. The van der Waals surface area contributed by atoms with Gasteiger partial charge in [-0.2, -0.15) is 0 Å². The van der Waals surface area contributed by atoms with Crippen LogP contribution >= 0.6 is 11.3 Å². The zero-order chi connectivity index (χ0) is 13.8. The lowest BCUT2D eigenvalue weighted by Crippen LogP contribution is -2.42. The molecule has 1 aromatic heterocycles. The van der Waals surface area contributed by atoms with Gasteiger partial charge >= 0.3 is 0 Å². The van der Waals surface area contributed by atoms with E-state index in [0.29, 0.717) is 12.1 Å². The second-order valence-corrected chi connectivity index (χ2v) is 7.24. The predicted molar refractivity (Wildman–Crippen MR) is 84.9 cm³/mol. The van der Waals surface area contributed by atoms with E-state index in [1.165, 1.54) is 42.2 Å². The second-order valence-electron chi connectivity index (χ2n) is 5.92. The highest BCUT2D eigenvalue weighted by molar-refractivity contribution is 7.12. The van der Waals surface area contributed by atoms with Crippen molar-refractivity contribution in [1.29, 1.82) is 0 Å². The molecule has 0 aliphatic carbocycles. The largest absolute Gasteiger partial charge is 0.312 e. The summed E-state index contributed by atoms with van der Waals surface area (Å²) in [7, 11) is 0. The molecule has 0 aromatic carbocycles. The van der Waals surface area contributed by atoms with E-state index in [1.54, 1.807) is 0 Å². The smallest absolute Gasteiger partial charge is 0.0414 e. The number of hydrogen-bond acceptors (Lipinski definition) is 3. The molecule has 19 heavy (non-hydrogen) atoms. The van der Waals surface area contributed by atoms with Gasteiger partial charge in [-0.05, 0) is 44.9 Å². The molecule has 3 atom stereocenters. The molecule has 2 rings (SSSR count). The highest BCUT2D eigenvalue weighted by Crippen LogP contribution is 2.28. The minimum absolute atomic E-state index is 0.560. The summed E-state index contributed by atoms with van der Waals surface area (Å²) in [5.41, 5.74) is 0. The van der Waals surface area contributed by atoms with Crippen molar-refractivity contribution >= 4 is 11.3 Å². The first-order valence-electron chi connectivity index (χ1n) is 7.65. The van der Waals surface area contributed by atoms with Crippen molar-refractivity contribution in [3.05, 3.63) is 21.9 Å². The summed E-state index contributed by atoms with van der Waals surface area (Å²) in [5, 5.41) is 3.74. The van der Waals surface area contributed by atoms with Gasteiger partial charge in [0.05, 0.1) is 0 Å². The molecule has 1 fully saturated rings. The topological polar surface area (TPSA) is 15.3 Å². The Hall–Kier alpha value is -0.380. The Morgan fingerprint density at radius 2 is 2.21 bits per heavy atom. The van der Waals surface area contributed by atoms with E-state index in [9.17, 15) is 0 Å². The van der Waals surface area contributed by atoms with Crippen LogP contribution in [-0.2, 0) is 0 Å². The van der Waals surface area contributed by atoms with Gasteiger partial charge in [0.2, 0.25) is 0 Å². The Morgan fingerprint density at radius 3 is 2.84 bits per heavy atom. The number of nitrogens with zero attached hydrogens (tertiary/aromatic N) is 1. The molecule has 0 radical (unpaired) electrons. The molecule has 3 unspecified atom stereocenters. The highest BCUT2D eigenvalue weighted by Gasteiger charge is 2.25. The normalized spacial score (nSPS) is 24.9. The lowest BCUT2D eigenvalue weighted by molar-refractivity contribution is 0.190. The Morgan fingerprint density at radius 1 is 1.42 bits per heavy atom. The van der Waals surface area contributed by atoms with Gasteiger partial charge in [-0.25, -0.2) is 0 Å². The van der Waals surface area contributed by atoms with Crippen LogP contribution in [0.5, 0.6) is 0 Å². The molecular weight excluding hydrogens is 252 g/mol. The third-order valence-corrected chi connectivity index (χ3v) is 5.68. The van der Waals surface area contributed by atoms with Crippen molar-refractivity contribution in [2.45, 2.75) is 52.6 Å². The molecule has 1 N–H and O–H groups in total. The Bertz CT molecular complexity index is 388. The van der Waals surface area contributed by atoms with E-state index in [1.807, 2.05) is 11.3 Å². The SMILES string of the molecule is CCC(C)C1CN(C(C)c2ccc(C)s2)CCCN1. The number of thiophene rings is 1. The maximum Gasteiger partial charge on any atom is 0.0414 e. The van der Waals surface area contributed by atoms with Crippen molar-refractivity contribution < 1.29 is 0 Å². The molecule has 3 heteroatoms. The summed E-state index contributed by atoms with van der Waals surface area (Å²) < 4.78 is 0. The van der Waals surface area contributed by atoms with Crippen LogP contribution in [0.1, 0.15) is 49.4 Å². The van der Waals surface area contributed by atoms with Gasteiger partial charge in [-0.1, -0.05) is 20.3 Å². The van der Waals surface area contributed by atoms with Crippen LogP contribution in [0, 0.1) is 12.8 Å². The van der Waals surface area contributed by atoms with Crippen molar-refractivity contribution in [1.82, 2.24) is 10.2 Å². The number of aryl methyl sites for hydroxylation is 1. The average Bonchev–Trinajstić information content (AvgIpc) is 2.70. The lowest BCUT2D eigenvalue weighted by Gasteiger charge is -2.31. The summed E-state index contributed by atoms with van der Waals surface area (Å²) >= 11 is 1.95. The van der Waals surface area contributed by atoms with Crippen LogP contribution in [0.3, 0.4) is 0 Å². The number of hydrogen-bond donors (Lipinski definition) is 1. The third-order valence-electron chi connectivity index (χ3n) is 4.51. The first kappa shape index (κ1) is 15.0. The monoisotopic (exact) mass is 280 g/mol. The first-order valence-corrected chi connectivity index (χ1v) is 8.47. The fourth-order valence-electron chi connectivity index (χ4n) is 2.85. The van der Waals surface area contributed by atoms with Gasteiger partial charge in [-0.3, -0.25) is 4.90 Å². The fraction of sp³-hybridized carbons (Fsp3) is 0.750. The van der Waals surface area contributed by atoms with E-state index in [-0.39, 0.29) is 0 Å². The molecule has 0 saturated carbocycles. The maximum absolute atomic E-state index is 3.74. The molecule has 2 heterocycles. The number of rotatable bonds is 4. The maximum atomic E-state index is 3.74. The Kier molecular flexibility index (Phi) is 5.43. The van der Waals surface area contributed by atoms with Crippen LogP contribution in [0.25, 0.3) is 0 Å². The Balaban J connectivity index is 2.05. The van der Waals surface area contributed by atoms with Crippen LogP contribution in [0.2, 0.25) is 0 Å². The standard InChI is InChI=1S/C16H28N2S/c1-5-12(2)15-11-18(10-6-9-17-15)14(4)16-8-7-13(3)19-16/h7-8,12,14-15,17H,5-6,9-11H2,1-4H3. The van der Waals surface area contributed by atoms with E-state index in [0.717, 1.165) is 5.92 Å². The van der Waals surface area contributed by atoms with E-state index >= 15 is 0 Å². The Labute approximate surface area is 122 Å². The van der Waals surface area contributed by atoms with Crippen LogP contribution < -0.4 is 5.32 Å². The average molecular weight is 280 g/mol. The van der Waals surface area contributed by atoms with E-state index < -0.39 is 0 Å². The molecule has 1 aliphatic heterocycles. The summed E-state index contributed by atoms with van der Waals surface area (Å²) in [6.45, 7) is 12.8. The minimum Gasteiger partial charge on any atom is -0.312 e. The molecule has 1 aromatic rings. The third kappa shape index (κ3) is 3.80. The van der Waals surface area contributed by atoms with Gasteiger partial charge in [-0.15, -0.1) is 11.3 Å². The lowest BCUT2D eigenvalue weighted by atomic mass is 9.98. The fourth-order valence-corrected chi connectivity index (χ4v) is 3.82. The molecule has 0 bridgehead atoms.